The summed E-state index contributed by atoms with van der Waals surface area (Å²) in [5.74, 6) is 1.22. The van der Waals surface area contributed by atoms with Crippen molar-refractivity contribution in [1.82, 2.24) is 19.9 Å². The van der Waals surface area contributed by atoms with Crippen LogP contribution in [0.25, 0.3) is 17.5 Å². The number of hydrogen-bond donors (Lipinski definition) is 0. The molecular formula is C24H25IN4O2. The number of halogens is 1. The lowest BCUT2D eigenvalue weighted by Gasteiger charge is -2.34. The summed E-state index contributed by atoms with van der Waals surface area (Å²) in [5.41, 5.74) is 2.13. The molecule has 0 aliphatic carbocycles. The van der Waals surface area contributed by atoms with E-state index in [4.69, 9.17) is 4.52 Å². The Kier molecular flexibility index (Phi) is 7.48. The minimum absolute atomic E-state index is 0.147. The number of hydrogen-bond acceptors (Lipinski definition) is 5. The molecule has 7 heteroatoms. The van der Waals surface area contributed by atoms with Gasteiger partial charge in [0.25, 0.3) is 0 Å². The monoisotopic (exact) mass is 528 g/mol. The third-order valence-corrected chi connectivity index (χ3v) is 6.04. The number of piperazine rings is 1. The summed E-state index contributed by atoms with van der Waals surface area (Å²) in [6.07, 6.45) is 5.19. The Morgan fingerprint density at radius 2 is 1.77 bits per heavy atom. The molecule has 3 aromatic rings. The first-order valence-corrected chi connectivity index (χ1v) is 11.6. The van der Waals surface area contributed by atoms with Crippen molar-refractivity contribution in [3.63, 3.8) is 0 Å². The minimum atomic E-state index is 0.147. The fourth-order valence-corrected chi connectivity index (χ4v) is 3.89. The zero-order chi connectivity index (χ0) is 21.5. The molecule has 31 heavy (non-hydrogen) atoms. The zero-order valence-corrected chi connectivity index (χ0v) is 19.4. The van der Waals surface area contributed by atoms with Gasteiger partial charge in [-0.15, -0.1) is 0 Å². The van der Waals surface area contributed by atoms with Gasteiger partial charge in [0.2, 0.25) is 17.6 Å². The van der Waals surface area contributed by atoms with Crippen LogP contribution in [0.5, 0.6) is 0 Å². The van der Waals surface area contributed by atoms with Gasteiger partial charge in [-0.2, -0.15) is 4.98 Å². The quantitative estimate of drug-likeness (QED) is 0.432. The van der Waals surface area contributed by atoms with E-state index in [2.05, 4.69) is 61.9 Å². The fourth-order valence-electron chi connectivity index (χ4n) is 3.53. The molecule has 1 fully saturated rings. The second-order valence-corrected chi connectivity index (χ2v) is 8.76. The Bertz CT molecular complexity index is 1010. The van der Waals surface area contributed by atoms with Crippen LogP contribution in [0.3, 0.4) is 0 Å². The molecule has 0 unspecified atom stereocenters. The third-order valence-electron chi connectivity index (χ3n) is 5.32. The van der Waals surface area contributed by atoms with Gasteiger partial charge in [-0.25, -0.2) is 0 Å². The van der Waals surface area contributed by atoms with Crippen molar-refractivity contribution in [3.8, 4) is 11.4 Å². The third kappa shape index (κ3) is 6.24. The Balaban J connectivity index is 1.20. The smallest absolute Gasteiger partial charge is 0.227 e. The van der Waals surface area contributed by atoms with Crippen LogP contribution in [0.1, 0.15) is 17.9 Å². The van der Waals surface area contributed by atoms with Gasteiger partial charge in [0.05, 0.1) is 0 Å². The zero-order valence-electron chi connectivity index (χ0n) is 17.3. The molecule has 2 heterocycles. The van der Waals surface area contributed by atoms with Gasteiger partial charge in [-0.3, -0.25) is 9.69 Å². The highest BCUT2D eigenvalue weighted by molar-refractivity contribution is 14.1. The maximum atomic E-state index is 12.6. The summed E-state index contributed by atoms with van der Waals surface area (Å²) < 4.78 is 6.49. The molecule has 1 amide bonds. The summed E-state index contributed by atoms with van der Waals surface area (Å²) in [4.78, 5) is 21.3. The molecule has 1 aliphatic rings. The van der Waals surface area contributed by atoms with Gasteiger partial charge < -0.3 is 9.42 Å². The molecule has 6 nitrogen and oxygen atoms in total. The number of rotatable bonds is 7. The van der Waals surface area contributed by atoms with Crippen LogP contribution in [0.2, 0.25) is 0 Å². The first-order valence-electron chi connectivity index (χ1n) is 10.5. The Labute approximate surface area is 196 Å². The van der Waals surface area contributed by atoms with E-state index in [9.17, 15) is 4.79 Å². The number of amides is 1. The molecule has 0 atom stereocenters. The lowest BCUT2D eigenvalue weighted by Crippen LogP contribution is -2.48. The Morgan fingerprint density at radius 3 is 2.52 bits per heavy atom. The summed E-state index contributed by atoms with van der Waals surface area (Å²) in [6.45, 7) is 4.20. The van der Waals surface area contributed by atoms with Gasteiger partial charge in [-0.05, 0) is 40.3 Å². The second kappa shape index (κ2) is 10.7. The minimum Gasteiger partial charge on any atom is -0.340 e. The molecule has 1 saturated heterocycles. The molecule has 0 N–H and O–H groups in total. The number of benzene rings is 2. The van der Waals surface area contributed by atoms with E-state index in [1.54, 1.807) is 0 Å². The van der Waals surface area contributed by atoms with Gasteiger partial charge in [0, 0.05) is 54.7 Å². The number of aromatic nitrogens is 2. The molecular weight excluding hydrogens is 503 g/mol. The van der Waals surface area contributed by atoms with Crippen molar-refractivity contribution in [2.45, 2.75) is 12.8 Å². The summed E-state index contributed by atoms with van der Waals surface area (Å²) >= 11 is 2.26. The van der Waals surface area contributed by atoms with Crippen molar-refractivity contribution in [2.24, 2.45) is 0 Å². The molecule has 2 aromatic carbocycles. The van der Waals surface area contributed by atoms with E-state index in [0.29, 0.717) is 24.6 Å². The molecule has 1 aromatic heterocycles. The molecule has 0 spiro atoms. The maximum absolute atomic E-state index is 12.6. The van der Waals surface area contributed by atoms with Crippen LogP contribution in [0.15, 0.2) is 65.2 Å². The molecule has 160 valence electrons. The topological polar surface area (TPSA) is 62.5 Å². The predicted octanol–water partition coefficient (Wildman–Crippen LogP) is 4.13. The summed E-state index contributed by atoms with van der Waals surface area (Å²) in [5, 5.41) is 4.04. The van der Waals surface area contributed by atoms with Crippen molar-refractivity contribution >= 4 is 34.6 Å². The lowest BCUT2D eigenvalue weighted by atomic mass is 10.2. The highest BCUT2D eigenvalue weighted by Crippen LogP contribution is 2.18. The number of nitrogens with zero attached hydrogens (tertiary/aromatic N) is 4. The Morgan fingerprint density at radius 1 is 1.03 bits per heavy atom. The van der Waals surface area contributed by atoms with Crippen LogP contribution in [0.4, 0.5) is 0 Å². The van der Waals surface area contributed by atoms with Crippen molar-refractivity contribution < 1.29 is 9.32 Å². The van der Waals surface area contributed by atoms with E-state index in [1.165, 1.54) is 5.56 Å². The van der Waals surface area contributed by atoms with E-state index in [-0.39, 0.29) is 5.91 Å². The standard InChI is InChI=1S/C24H25IN4O2/c25-21-10-8-20(9-11-21)24-26-22(31-27-24)12-13-23(30)29-17-15-28(16-18-29)14-4-7-19-5-2-1-3-6-19/h1-11H,12-18H2/b7-4+. The number of aryl methyl sites for hydroxylation is 1. The van der Waals surface area contributed by atoms with Gasteiger partial charge in [0.15, 0.2) is 0 Å². The average molecular weight is 528 g/mol. The fraction of sp³-hybridized carbons (Fsp3) is 0.292. The first-order chi connectivity index (χ1) is 15.2. The summed E-state index contributed by atoms with van der Waals surface area (Å²) in [7, 11) is 0. The van der Waals surface area contributed by atoms with Crippen LogP contribution < -0.4 is 0 Å². The summed E-state index contributed by atoms with van der Waals surface area (Å²) in [6, 6.07) is 18.3. The SMILES string of the molecule is O=C(CCc1nc(-c2ccc(I)cc2)no1)N1CCN(C/C=C/c2ccccc2)CC1. The van der Waals surface area contributed by atoms with E-state index < -0.39 is 0 Å². The maximum Gasteiger partial charge on any atom is 0.227 e. The molecule has 1 aliphatic heterocycles. The van der Waals surface area contributed by atoms with Crippen LogP contribution in [-0.2, 0) is 11.2 Å². The van der Waals surface area contributed by atoms with Gasteiger partial charge in [0.1, 0.15) is 0 Å². The molecule has 0 bridgehead atoms. The van der Waals surface area contributed by atoms with E-state index in [0.717, 1.165) is 41.9 Å². The lowest BCUT2D eigenvalue weighted by molar-refractivity contribution is -0.132. The number of carbonyl (C=O) groups is 1. The van der Waals surface area contributed by atoms with E-state index in [1.807, 2.05) is 47.4 Å². The van der Waals surface area contributed by atoms with Gasteiger partial charge in [-0.1, -0.05) is 59.8 Å². The van der Waals surface area contributed by atoms with Crippen LogP contribution >= 0.6 is 22.6 Å². The normalized spacial score (nSPS) is 14.9. The van der Waals surface area contributed by atoms with Crippen LogP contribution in [0, 0.1) is 3.57 Å². The number of carbonyl (C=O) groups excluding carboxylic acids is 1. The van der Waals surface area contributed by atoms with Gasteiger partial charge >= 0.3 is 0 Å². The van der Waals surface area contributed by atoms with Crippen molar-refractivity contribution in [3.05, 3.63) is 75.7 Å². The van der Waals surface area contributed by atoms with Crippen LogP contribution in [-0.4, -0.2) is 58.6 Å². The van der Waals surface area contributed by atoms with Crippen molar-refractivity contribution in [2.75, 3.05) is 32.7 Å². The highest BCUT2D eigenvalue weighted by Gasteiger charge is 2.21. The van der Waals surface area contributed by atoms with E-state index >= 15 is 0 Å². The first kappa shape index (κ1) is 21.7. The molecule has 4 rings (SSSR count). The molecule has 0 saturated carbocycles. The Hall–Kier alpha value is -2.52. The van der Waals surface area contributed by atoms with Crippen molar-refractivity contribution in [1.29, 1.82) is 0 Å². The average Bonchev–Trinajstić information content (AvgIpc) is 3.28. The second-order valence-electron chi connectivity index (χ2n) is 7.51. The largest absolute Gasteiger partial charge is 0.340 e. The predicted molar refractivity (Wildman–Crippen MR) is 129 cm³/mol. The highest BCUT2D eigenvalue weighted by atomic mass is 127. The molecule has 0 radical (unpaired) electrons.